The van der Waals surface area contributed by atoms with Gasteiger partial charge in [-0.1, -0.05) is 23.2 Å². The summed E-state index contributed by atoms with van der Waals surface area (Å²) in [5, 5.41) is 2.78. The van der Waals surface area contributed by atoms with E-state index < -0.39 is 16.1 Å². The molecule has 2 aromatic rings. The number of hydrogen-bond donors (Lipinski definition) is 2. The van der Waals surface area contributed by atoms with E-state index in [0.717, 1.165) is 5.69 Å². The molecule has 0 aliphatic rings. The summed E-state index contributed by atoms with van der Waals surface area (Å²) in [4.78, 5) is 4.08. The van der Waals surface area contributed by atoms with Crippen molar-refractivity contribution in [1.29, 1.82) is 0 Å². The largest absolute Gasteiger partial charge is 0.398 e. The van der Waals surface area contributed by atoms with Crippen LogP contribution in [0.25, 0.3) is 0 Å². The van der Waals surface area contributed by atoms with Gasteiger partial charge in [-0.25, -0.2) is 18.1 Å². The quantitative estimate of drug-likeness (QED) is 0.813. The van der Waals surface area contributed by atoms with Crippen LogP contribution in [0.2, 0.25) is 10.0 Å². The molecule has 1 atom stereocenters. The molecule has 1 heterocycles. The second-order valence-corrected chi connectivity index (χ2v) is 7.86. The molecule has 0 spiro atoms. The van der Waals surface area contributed by atoms with Crippen LogP contribution < -0.4 is 10.5 Å². The summed E-state index contributed by atoms with van der Waals surface area (Å²) in [7, 11) is -3.88. The fourth-order valence-corrected chi connectivity index (χ4v) is 4.85. The molecule has 0 amide bonds. The summed E-state index contributed by atoms with van der Waals surface area (Å²) in [5.74, 6) is 0. The van der Waals surface area contributed by atoms with Crippen molar-refractivity contribution < 1.29 is 8.42 Å². The van der Waals surface area contributed by atoms with Gasteiger partial charge in [0.15, 0.2) is 0 Å². The third-order valence-corrected chi connectivity index (χ3v) is 6.08. The molecule has 3 N–H and O–H groups in total. The number of rotatable bonds is 4. The van der Waals surface area contributed by atoms with Gasteiger partial charge in [-0.2, -0.15) is 0 Å². The molecule has 1 aromatic carbocycles. The minimum absolute atomic E-state index is 0.00233. The van der Waals surface area contributed by atoms with Gasteiger partial charge in [0.05, 0.1) is 16.8 Å². The Balaban J connectivity index is 2.35. The predicted octanol–water partition coefficient (Wildman–Crippen LogP) is 3.38. The molecular weight excluding hydrogens is 353 g/mol. The molecule has 9 heteroatoms. The van der Waals surface area contributed by atoms with Crippen LogP contribution in [-0.4, -0.2) is 13.4 Å². The topological polar surface area (TPSA) is 85.1 Å². The molecule has 0 bridgehead atoms. The highest BCUT2D eigenvalue weighted by molar-refractivity contribution is 7.89. The number of nitrogens with two attached hydrogens (primary N) is 1. The molecule has 0 saturated heterocycles. The number of halogens is 2. The Morgan fingerprint density at radius 2 is 2.05 bits per heavy atom. The van der Waals surface area contributed by atoms with E-state index >= 15 is 0 Å². The van der Waals surface area contributed by atoms with Crippen molar-refractivity contribution in [2.45, 2.75) is 24.8 Å². The first kappa shape index (κ1) is 16.5. The van der Waals surface area contributed by atoms with Crippen LogP contribution in [0.5, 0.6) is 0 Å². The van der Waals surface area contributed by atoms with E-state index in [1.54, 1.807) is 6.92 Å². The third kappa shape index (κ3) is 3.67. The molecule has 2 rings (SSSR count). The lowest BCUT2D eigenvalue weighted by atomic mass is 10.3. The van der Waals surface area contributed by atoms with Crippen molar-refractivity contribution in [3.05, 3.63) is 38.3 Å². The van der Waals surface area contributed by atoms with Gasteiger partial charge >= 0.3 is 0 Å². The third-order valence-electron chi connectivity index (χ3n) is 2.64. The van der Waals surface area contributed by atoms with E-state index in [2.05, 4.69) is 9.71 Å². The van der Waals surface area contributed by atoms with E-state index in [0.29, 0.717) is 5.01 Å². The molecule has 114 valence electrons. The van der Waals surface area contributed by atoms with Crippen LogP contribution in [0, 0.1) is 6.92 Å². The fourth-order valence-electron chi connectivity index (χ4n) is 1.78. The SMILES string of the molecule is Cc1csc(C(C)NS(=O)(=O)c2c(N)cc(Cl)cc2Cl)n1. The minimum atomic E-state index is -3.88. The summed E-state index contributed by atoms with van der Waals surface area (Å²) >= 11 is 13.1. The summed E-state index contributed by atoms with van der Waals surface area (Å²) in [6.07, 6.45) is 0. The Morgan fingerprint density at radius 3 is 2.57 bits per heavy atom. The lowest BCUT2D eigenvalue weighted by Gasteiger charge is -2.14. The van der Waals surface area contributed by atoms with Gasteiger partial charge in [-0.3, -0.25) is 0 Å². The van der Waals surface area contributed by atoms with Crippen molar-refractivity contribution in [2.75, 3.05) is 5.73 Å². The monoisotopic (exact) mass is 365 g/mol. The zero-order valence-electron chi connectivity index (χ0n) is 11.2. The molecule has 0 aliphatic carbocycles. The number of sulfonamides is 1. The number of nitrogens with zero attached hydrogens (tertiary/aromatic N) is 1. The van der Waals surface area contributed by atoms with Gasteiger partial charge in [0.25, 0.3) is 0 Å². The molecule has 0 saturated carbocycles. The average molecular weight is 366 g/mol. The number of nitrogens with one attached hydrogen (secondary N) is 1. The molecule has 21 heavy (non-hydrogen) atoms. The summed E-state index contributed by atoms with van der Waals surface area (Å²) in [6, 6.07) is 2.20. The Kier molecular flexibility index (Phi) is 4.79. The average Bonchev–Trinajstić information content (AvgIpc) is 2.73. The highest BCUT2D eigenvalue weighted by Crippen LogP contribution is 2.32. The summed E-state index contributed by atoms with van der Waals surface area (Å²) in [5.41, 5.74) is 6.57. The standard InChI is InChI=1S/C12H13Cl2N3O2S2/c1-6-5-20-12(16-6)7(2)17-21(18,19)11-9(14)3-8(13)4-10(11)15/h3-5,7,17H,15H2,1-2H3. The van der Waals surface area contributed by atoms with Gasteiger partial charge in [0.2, 0.25) is 10.0 Å². The Bertz CT molecular complexity index is 752. The van der Waals surface area contributed by atoms with Gasteiger partial charge < -0.3 is 5.73 Å². The maximum Gasteiger partial charge on any atom is 0.244 e. The van der Waals surface area contributed by atoms with Crippen molar-refractivity contribution in [3.63, 3.8) is 0 Å². The van der Waals surface area contributed by atoms with Crippen molar-refractivity contribution in [1.82, 2.24) is 9.71 Å². The van der Waals surface area contributed by atoms with Crippen molar-refractivity contribution >= 4 is 50.2 Å². The zero-order valence-corrected chi connectivity index (χ0v) is 14.4. The maximum atomic E-state index is 12.4. The number of thiazole rings is 1. The Hall–Kier alpha value is -0.860. The molecule has 0 fully saturated rings. The minimum Gasteiger partial charge on any atom is -0.398 e. The smallest absolute Gasteiger partial charge is 0.244 e. The molecule has 1 aromatic heterocycles. The number of nitrogen functional groups attached to an aromatic ring is 1. The van der Waals surface area contributed by atoms with Crippen LogP contribution in [0.3, 0.4) is 0 Å². The van der Waals surface area contributed by atoms with E-state index in [9.17, 15) is 8.42 Å². The first-order valence-corrected chi connectivity index (χ1v) is 9.01. The number of aromatic nitrogens is 1. The molecule has 0 aliphatic heterocycles. The first-order valence-electron chi connectivity index (χ1n) is 5.89. The van der Waals surface area contributed by atoms with Crippen LogP contribution in [0.1, 0.15) is 23.7 Å². The summed E-state index contributed by atoms with van der Waals surface area (Å²) < 4.78 is 27.4. The number of anilines is 1. The van der Waals surface area contributed by atoms with Gasteiger partial charge in [-0.15, -0.1) is 11.3 Å². The highest BCUT2D eigenvalue weighted by Gasteiger charge is 2.25. The Morgan fingerprint density at radius 1 is 1.38 bits per heavy atom. The van der Waals surface area contributed by atoms with Gasteiger partial charge in [0, 0.05) is 16.1 Å². The predicted molar refractivity (Wildman–Crippen MR) is 86.5 cm³/mol. The lowest BCUT2D eigenvalue weighted by molar-refractivity contribution is 0.566. The number of aryl methyl sites for hydroxylation is 1. The molecule has 0 radical (unpaired) electrons. The van der Waals surface area contributed by atoms with Crippen LogP contribution in [0.15, 0.2) is 22.4 Å². The van der Waals surface area contributed by atoms with E-state index in [4.69, 9.17) is 28.9 Å². The normalized spacial score (nSPS) is 13.3. The van der Waals surface area contributed by atoms with Crippen LogP contribution in [0.4, 0.5) is 5.69 Å². The fraction of sp³-hybridized carbons (Fsp3) is 0.250. The number of benzene rings is 1. The van der Waals surface area contributed by atoms with Crippen molar-refractivity contribution in [2.24, 2.45) is 0 Å². The van der Waals surface area contributed by atoms with E-state index in [-0.39, 0.29) is 20.6 Å². The zero-order chi connectivity index (χ0) is 15.8. The molecule has 1 unspecified atom stereocenters. The number of hydrogen-bond acceptors (Lipinski definition) is 5. The molecule has 5 nitrogen and oxygen atoms in total. The lowest BCUT2D eigenvalue weighted by Crippen LogP contribution is -2.27. The summed E-state index contributed by atoms with van der Waals surface area (Å²) in [6.45, 7) is 3.55. The highest BCUT2D eigenvalue weighted by atomic mass is 35.5. The van der Waals surface area contributed by atoms with Gasteiger partial charge in [-0.05, 0) is 26.0 Å². The molecular formula is C12H13Cl2N3O2S2. The van der Waals surface area contributed by atoms with Crippen LogP contribution >= 0.6 is 34.5 Å². The van der Waals surface area contributed by atoms with E-state index in [1.807, 2.05) is 12.3 Å². The van der Waals surface area contributed by atoms with Gasteiger partial charge in [0.1, 0.15) is 9.90 Å². The maximum absolute atomic E-state index is 12.4. The van der Waals surface area contributed by atoms with E-state index in [1.165, 1.54) is 23.5 Å². The second kappa shape index (κ2) is 6.10. The van der Waals surface area contributed by atoms with Crippen LogP contribution in [-0.2, 0) is 10.0 Å². The first-order chi connectivity index (χ1) is 9.70. The second-order valence-electron chi connectivity index (χ2n) is 4.48. The Labute approximate surface area is 137 Å². The van der Waals surface area contributed by atoms with Crippen molar-refractivity contribution in [3.8, 4) is 0 Å².